The van der Waals surface area contributed by atoms with Crippen molar-refractivity contribution in [3.8, 4) is 5.75 Å². The summed E-state index contributed by atoms with van der Waals surface area (Å²) in [4.78, 5) is 4.10. The van der Waals surface area contributed by atoms with E-state index in [1.807, 2.05) is 46.4 Å². The molecule has 1 aromatic rings. The Morgan fingerprint density at radius 2 is 1.24 bits per heavy atom. The maximum absolute atomic E-state index is 10.0. The first kappa shape index (κ1) is 18.9. The van der Waals surface area contributed by atoms with E-state index < -0.39 is 0 Å². The molecule has 100 valence electrons. The van der Waals surface area contributed by atoms with Crippen molar-refractivity contribution in [2.45, 2.75) is 13.1 Å². The van der Waals surface area contributed by atoms with Crippen LogP contribution in [0.25, 0.3) is 0 Å². The second-order valence-electron chi connectivity index (χ2n) is 4.40. The number of benzene rings is 1. The molecule has 0 aliphatic carbocycles. The van der Waals surface area contributed by atoms with Crippen LogP contribution in [0.3, 0.4) is 0 Å². The van der Waals surface area contributed by atoms with Crippen LogP contribution in [0, 0.1) is 0 Å². The zero-order valence-electron chi connectivity index (χ0n) is 10.8. The quantitative estimate of drug-likeness (QED) is 0.917. The van der Waals surface area contributed by atoms with E-state index >= 15 is 0 Å². The van der Waals surface area contributed by atoms with Crippen LogP contribution in [0.2, 0.25) is 0 Å². The lowest BCUT2D eigenvalue weighted by Crippen LogP contribution is -2.13. The summed E-state index contributed by atoms with van der Waals surface area (Å²) in [5, 5.41) is 10.0. The van der Waals surface area contributed by atoms with Crippen LogP contribution in [0.1, 0.15) is 11.1 Å². The van der Waals surface area contributed by atoms with Crippen molar-refractivity contribution in [2.24, 2.45) is 0 Å². The molecule has 0 bridgehead atoms. The van der Waals surface area contributed by atoms with E-state index in [1.165, 1.54) is 0 Å². The fourth-order valence-corrected chi connectivity index (χ4v) is 1.58. The molecule has 0 unspecified atom stereocenters. The Morgan fingerprint density at radius 3 is 1.53 bits per heavy atom. The number of halogens is 2. The van der Waals surface area contributed by atoms with Crippen molar-refractivity contribution in [1.82, 2.24) is 9.80 Å². The SMILES string of the molecule is CN(C)Cc1cccc(CN(C)C)c1O.Cl.Cl. The fourth-order valence-electron chi connectivity index (χ4n) is 1.58. The van der Waals surface area contributed by atoms with E-state index in [0.29, 0.717) is 5.75 Å². The van der Waals surface area contributed by atoms with E-state index in [0.717, 1.165) is 24.2 Å². The van der Waals surface area contributed by atoms with Crippen LogP contribution in [-0.2, 0) is 13.1 Å². The minimum Gasteiger partial charge on any atom is -0.507 e. The Balaban J connectivity index is 0. The molecule has 0 heterocycles. The molecule has 0 spiro atoms. The van der Waals surface area contributed by atoms with Crippen molar-refractivity contribution in [3.05, 3.63) is 29.3 Å². The molecule has 5 heteroatoms. The van der Waals surface area contributed by atoms with Crippen LogP contribution in [-0.4, -0.2) is 43.1 Å². The van der Waals surface area contributed by atoms with Gasteiger partial charge in [-0.15, -0.1) is 24.8 Å². The Kier molecular flexibility index (Phi) is 9.53. The van der Waals surface area contributed by atoms with Crippen molar-refractivity contribution in [3.63, 3.8) is 0 Å². The summed E-state index contributed by atoms with van der Waals surface area (Å²) in [5.74, 6) is 0.430. The van der Waals surface area contributed by atoms with Gasteiger partial charge in [-0.3, -0.25) is 0 Å². The van der Waals surface area contributed by atoms with E-state index in [2.05, 4.69) is 9.80 Å². The normalized spacial score (nSPS) is 10.0. The molecule has 0 radical (unpaired) electrons. The average molecular weight is 281 g/mol. The second-order valence-corrected chi connectivity index (χ2v) is 4.40. The highest BCUT2D eigenvalue weighted by Crippen LogP contribution is 2.24. The van der Waals surface area contributed by atoms with Gasteiger partial charge in [-0.05, 0) is 28.2 Å². The monoisotopic (exact) mass is 280 g/mol. The van der Waals surface area contributed by atoms with Crippen molar-refractivity contribution >= 4 is 24.8 Å². The first-order valence-corrected chi connectivity index (χ1v) is 5.10. The van der Waals surface area contributed by atoms with Crippen molar-refractivity contribution < 1.29 is 5.11 Å². The summed E-state index contributed by atoms with van der Waals surface area (Å²) in [6, 6.07) is 5.93. The number of para-hydroxylation sites is 1. The van der Waals surface area contributed by atoms with Gasteiger partial charge in [0.1, 0.15) is 5.75 Å². The highest BCUT2D eigenvalue weighted by atomic mass is 35.5. The molecule has 0 aliphatic rings. The van der Waals surface area contributed by atoms with Gasteiger partial charge in [0.05, 0.1) is 0 Å². The van der Waals surface area contributed by atoms with Crippen LogP contribution in [0.5, 0.6) is 5.75 Å². The number of hydrogen-bond acceptors (Lipinski definition) is 3. The van der Waals surface area contributed by atoms with Gasteiger partial charge < -0.3 is 14.9 Å². The smallest absolute Gasteiger partial charge is 0.124 e. The van der Waals surface area contributed by atoms with Gasteiger partial charge in [0, 0.05) is 24.2 Å². The Bertz CT molecular complexity index is 302. The summed E-state index contributed by atoms with van der Waals surface area (Å²) in [7, 11) is 7.99. The van der Waals surface area contributed by atoms with Gasteiger partial charge in [-0.25, -0.2) is 0 Å². The minimum atomic E-state index is 0. The van der Waals surface area contributed by atoms with Crippen molar-refractivity contribution in [1.29, 1.82) is 0 Å². The molecular formula is C12H22Cl2N2O. The number of aromatic hydroxyl groups is 1. The number of rotatable bonds is 4. The zero-order valence-corrected chi connectivity index (χ0v) is 12.4. The molecule has 0 aliphatic heterocycles. The third kappa shape index (κ3) is 6.13. The highest BCUT2D eigenvalue weighted by molar-refractivity contribution is 5.85. The molecule has 0 fully saturated rings. The van der Waals surface area contributed by atoms with Gasteiger partial charge in [0.15, 0.2) is 0 Å². The lowest BCUT2D eigenvalue weighted by atomic mass is 10.1. The van der Waals surface area contributed by atoms with Crippen LogP contribution in [0.4, 0.5) is 0 Å². The van der Waals surface area contributed by atoms with E-state index in [9.17, 15) is 5.11 Å². The van der Waals surface area contributed by atoms with E-state index in [4.69, 9.17) is 0 Å². The Morgan fingerprint density at radius 1 is 0.882 bits per heavy atom. The van der Waals surface area contributed by atoms with Crippen LogP contribution in [0.15, 0.2) is 18.2 Å². The van der Waals surface area contributed by atoms with E-state index in [1.54, 1.807) is 0 Å². The third-order valence-electron chi connectivity index (χ3n) is 2.18. The number of hydrogen-bond donors (Lipinski definition) is 1. The topological polar surface area (TPSA) is 26.7 Å². The molecular weight excluding hydrogens is 259 g/mol. The summed E-state index contributed by atoms with van der Waals surface area (Å²) in [5.41, 5.74) is 1.97. The van der Waals surface area contributed by atoms with Gasteiger partial charge in [-0.2, -0.15) is 0 Å². The average Bonchev–Trinajstić information content (AvgIpc) is 2.10. The summed E-state index contributed by atoms with van der Waals surface area (Å²) in [6.45, 7) is 1.54. The molecule has 1 aromatic carbocycles. The first-order valence-electron chi connectivity index (χ1n) is 5.10. The summed E-state index contributed by atoms with van der Waals surface area (Å²) in [6.07, 6.45) is 0. The fraction of sp³-hybridized carbons (Fsp3) is 0.500. The molecule has 0 atom stereocenters. The number of phenols is 1. The minimum absolute atomic E-state index is 0. The largest absolute Gasteiger partial charge is 0.507 e. The van der Waals surface area contributed by atoms with Gasteiger partial charge in [0.2, 0.25) is 0 Å². The highest BCUT2D eigenvalue weighted by Gasteiger charge is 2.07. The van der Waals surface area contributed by atoms with Gasteiger partial charge >= 0.3 is 0 Å². The Hall–Kier alpha value is -0.480. The maximum atomic E-state index is 10.0. The van der Waals surface area contributed by atoms with E-state index in [-0.39, 0.29) is 24.8 Å². The van der Waals surface area contributed by atoms with Crippen LogP contribution >= 0.6 is 24.8 Å². The molecule has 17 heavy (non-hydrogen) atoms. The molecule has 0 amide bonds. The van der Waals surface area contributed by atoms with Gasteiger partial charge in [-0.1, -0.05) is 18.2 Å². The predicted molar refractivity (Wildman–Crippen MR) is 77.4 cm³/mol. The molecule has 0 saturated carbocycles. The van der Waals surface area contributed by atoms with Gasteiger partial charge in [0.25, 0.3) is 0 Å². The van der Waals surface area contributed by atoms with Crippen molar-refractivity contribution in [2.75, 3.05) is 28.2 Å². The molecule has 3 nitrogen and oxygen atoms in total. The molecule has 0 aromatic heterocycles. The molecule has 1 rings (SSSR count). The molecule has 0 saturated heterocycles. The Labute approximate surface area is 116 Å². The number of nitrogens with zero attached hydrogens (tertiary/aromatic N) is 2. The summed E-state index contributed by atoms with van der Waals surface area (Å²) < 4.78 is 0. The third-order valence-corrected chi connectivity index (χ3v) is 2.18. The lowest BCUT2D eigenvalue weighted by Gasteiger charge is -2.16. The standard InChI is InChI=1S/C12H20N2O.2ClH/c1-13(2)8-10-6-5-7-11(12(10)15)9-14(3)4;;/h5-7,15H,8-9H2,1-4H3;2*1H. The maximum Gasteiger partial charge on any atom is 0.124 e. The first-order chi connectivity index (χ1) is 7.00. The van der Waals surface area contributed by atoms with Crippen LogP contribution < -0.4 is 0 Å². The second kappa shape index (κ2) is 8.59. The summed E-state index contributed by atoms with van der Waals surface area (Å²) >= 11 is 0. The molecule has 1 N–H and O–H groups in total. The predicted octanol–water partition coefficient (Wildman–Crippen LogP) is 2.36. The lowest BCUT2D eigenvalue weighted by molar-refractivity contribution is 0.368. The zero-order chi connectivity index (χ0) is 11.4. The number of phenolic OH excluding ortho intramolecular Hbond substituents is 1.